The number of carbonyl (C=O) groups is 1. The SMILES string of the molecule is CCNC(=NCc1ccnn1C)NCCNC(=O)Cc1cccc(F)c1. The van der Waals surface area contributed by atoms with Crippen molar-refractivity contribution >= 4 is 11.9 Å². The van der Waals surface area contributed by atoms with Crippen LogP contribution in [0.4, 0.5) is 4.39 Å². The van der Waals surface area contributed by atoms with Gasteiger partial charge >= 0.3 is 0 Å². The van der Waals surface area contributed by atoms with Crippen LogP contribution < -0.4 is 16.0 Å². The van der Waals surface area contributed by atoms with Crippen LogP contribution in [-0.2, 0) is 24.8 Å². The summed E-state index contributed by atoms with van der Waals surface area (Å²) in [6, 6.07) is 7.97. The van der Waals surface area contributed by atoms with Crippen LogP contribution in [0.15, 0.2) is 41.5 Å². The number of nitrogens with zero attached hydrogens (tertiary/aromatic N) is 3. The molecule has 0 aliphatic rings. The van der Waals surface area contributed by atoms with E-state index in [1.54, 1.807) is 23.0 Å². The van der Waals surface area contributed by atoms with Crippen LogP contribution in [-0.4, -0.2) is 41.3 Å². The minimum atomic E-state index is -0.336. The molecule has 140 valence electrons. The van der Waals surface area contributed by atoms with E-state index in [1.165, 1.54) is 12.1 Å². The van der Waals surface area contributed by atoms with Crippen LogP contribution in [0.25, 0.3) is 0 Å². The molecule has 0 spiro atoms. The van der Waals surface area contributed by atoms with E-state index in [1.807, 2.05) is 20.0 Å². The van der Waals surface area contributed by atoms with Crippen molar-refractivity contribution in [2.24, 2.45) is 12.0 Å². The number of benzene rings is 1. The van der Waals surface area contributed by atoms with E-state index in [0.717, 1.165) is 12.2 Å². The van der Waals surface area contributed by atoms with E-state index in [4.69, 9.17) is 0 Å². The van der Waals surface area contributed by atoms with Crippen LogP contribution in [0.2, 0.25) is 0 Å². The van der Waals surface area contributed by atoms with Crippen molar-refractivity contribution in [3.8, 4) is 0 Å². The summed E-state index contributed by atoms with van der Waals surface area (Å²) in [7, 11) is 1.87. The van der Waals surface area contributed by atoms with Gasteiger partial charge in [0.25, 0.3) is 0 Å². The Morgan fingerprint density at radius 1 is 1.23 bits per heavy atom. The lowest BCUT2D eigenvalue weighted by Crippen LogP contribution is -2.41. The quantitative estimate of drug-likeness (QED) is 0.372. The Hall–Kier alpha value is -2.90. The Bertz CT molecular complexity index is 743. The Labute approximate surface area is 152 Å². The van der Waals surface area contributed by atoms with Crippen molar-refractivity contribution in [1.29, 1.82) is 0 Å². The Kier molecular flexibility index (Phi) is 7.60. The van der Waals surface area contributed by atoms with Gasteiger partial charge in [0.15, 0.2) is 5.96 Å². The Morgan fingerprint density at radius 3 is 2.73 bits per heavy atom. The van der Waals surface area contributed by atoms with E-state index in [2.05, 4.69) is 26.0 Å². The van der Waals surface area contributed by atoms with Gasteiger partial charge in [0.1, 0.15) is 5.82 Å². The number of amides is 1. The number of rotatable bonds is 8. The molecule has 2 aromatic rings. The predicted octanol–water partition coefficient (Wildman–Crippen LogP) is 0.973. The van der Waals surface area contributed by atoms with Crippen molar-refractivity contribution < 1.29 is 9.18 Å². The highest BCUT2D eigenvalue weighted by atomic mass is 19.1. The lowest BCUT2D eigenvalue weighted by molar-refractivity contribution is -0.120. The zero-order valence-electron chi connectivity index (χ0n) is 15.1. The minimum Gasteiger partial charge on any atom is -0.357 e. The summed E-state index contributed by atoms with van der Waals surface area (Å²) in [5.74, 6) is 0.194. The molecule has 1 aromatic heterocycles. The molecule has 0 atom stereocenters. The molecule has 1 heterocycles. The summed E-state index contributed by atoms with van der Waals surface area (Å²) in [5, 5.41) is 13.2. The Balaban J connectivity index is 1.73. The monoisotopic (exact) mass is 360 g/mol. The maximum atomic E-state index is 13.1. The number of guanidine groups is 1. The van der Waals surface area contributed by atoms with Gasteiger partial charge in [-0.1, -0.05) is 12.1 Å². The first-order valence-corrected chi connectivity index (χ1v) is 8.58. The molecule has 0 saturated heterocycles. The molecule has 2 rings (SSSR count). The molecule has 8 heteroatoms. The average Bonchev–Trinajstić information content (AvgIpc) is 3.01. The first kappa shape index (κ1) is 19.4. The second kappa shape index (κ2) is 10.2. The number of aromatic nitrogens is 2. The smallest absolute Gasteiger partial charge is 0.224 e. The standard InChI is InChI=1S/C18H25FN6O/c1-3-20-18(23-13-16-7-8-24-25(16)2)22-10-9-21-17(26)12-14-5-4-6-15(19)11-14/h4-8,11H,3,9-10,12-13H2,1-2H3,(H,21,26)(H2,20,22,23). The molecule has 1 aromatic carbocycles. The van der Waals surface area contributed by atoms with Gasteiger partial charge in [-0.2, -0.15) is 5.10 Å². The number of aliphatic imine (C=N–C) groups is 1. The minimum absolute atomic E-state index is 0.144. The summed E-state index contributed by atoms with van der Waals surface area (Å²) in [5.41, 5.74) is 1.66. The molecule has 0 aliphatic heterocycles. The number of aryl methyl sites for hydroxylation is 1. The van der Waals surface area contributed by atoms with Gasteiger partial charge in [0, 0.05) is 32.9 Å². The highest BCUT2D eigenvalue weighted by Crippen LogP contribution is 2.03. The van der Waals surface area contributed by atoms with Crippen molar-refractivity contribution in [3.05, 3.63) is 53.6 Å². The predicted molar refractivity (Wildman–Crippen MR) is 99.1 cm³/mol. The summed E-state index contributed by atoms with van der Waals surface area (Å²) >= 11 is 0. The van der Waals surface area contributed by atoms with E-state index < -0.39 is 0 Å². The summed E-state index contributed by atoms with van der Waals surface area (Å²) in [6.07, 6.45) is 1.89. The van der Waals surface area contributed by atoms with E-state index in [9.17, 15) is 9.18 Å². The van der Waals surface area contributed by atoms with Crippen LogP contribution in [0.5, 0.6) is 0 Å². The number of nitrogens with one attached hydrogen (secondary N) is 3. The number of hydrogen-bond donors (Lipinski definition) is 3. The fourth-order valence-corrected chi connectivity index (χ4v) is 2.34. The molecule has 26 heavy (non-hydrogen) atoms. The topological polar surface area (TPSA) is 83.3 Å². The maximum absolute atomic E-state index is 13.1. The van der Waals surface area contributed by atoms with Crippen molar-refractivity contribution in [1.82, 2.24) is 25.7 Å². The number of halogens is 1. The summed E-state index contributed by atoms with van der Waals surface area (Å²) < 4.78 is 14.9. The maximum Gasteiger partial charge on any atom is 0.224 e. The largest absolute Gasteiger partial charge is 0.357 e. The molecule has 7 nitrogen and oxygen atoms in total. The first-order chi connectivity index (χ1) is 12.6. The highest BCUT2D eigenvalue weighted by Gasteiger charge is 2.04. The molecule has 0 unspecified atom stereocenters. The second-order valence-electron chi connectivity index (χ2n) is 5.72. The van der Waals surface area contributed by atoms with Gasteiger partial charge in [-0.15, -0.1) is 0 Å². The fraction of sp³-hybridized carbons (Fsp3) is 0.389. The molecular weight excluding hydrogens is 335 g/mol. The fourth-order valence-electron chi connectivity index (χ4n) is 2.34. The third-order valence-corrected chi connectivity index (χ3v) is 3.66. The number of carbonyl (C=O) groups excluding carboxylic acids is 1. The first-order valence-electron chi connectivity index (χ1n) is 8.58. The average molecular weight is 360 g/mol. The third-order valence-electron chi connectivity index (χ3n) is 3.66. The molecule has 0 aliphatic carbocycles. The van der Waals surface area contributed by atoms with E-state index in [0.29, 0.717) is 31.2 Å². The molecule has 3 N–H and O–H groups in total. The molecule has 0 fully saturated rings. The molecular formula is C18H25FN6O. The van der Waals surface area contributed by atoms with Crippen molar-refractivity contribution in [2.75, 3.05) is 19.6 Å². The van der Waals surface area contributed by atoms with Crippen LogP contribution in [0.1, 0.15) is 18.2 Å². The normalized spacial score (nSPS) is 11.3. The molecule has 1 amide bonds. The zero-order valence-corrected chi connectivity index (χ0v) is 15.1. The summed E-state index contributed by atoms with van der Waals surface area (Å²) in [4.78, 5) is 16.4. The lowest BCUT2D eigenvalue weighted by atomic mass is 10.1. The molecule has 0 saturated carbocycles. The van der Waals surface area contributed by atoms with E-state index >= 15 is 0 Å². The number of hydrogen-bond acceptors (Lipinski definition) is 3. The van der Waals surface area contributed by atoms with Gasteiger partial charge < -0.3 is 16.0 Å². The van der Waals surface area contributed by atoms with Gasteiger partial charge in [0.05, 0.1) is 18.7 Å². The molecule has 0 radical (unpaired) electrons. The van der Waals surface area contributed by atoms with Crippen LogP contribution in [0.3, 0.4) is 0 Å². The van der Waals surface area contributed by atoms with Crippen LogP contribution >= 0.6 is 0 Å². The Morgan fingerprint density at radius 2 is 2.04 bits per heavy atom. The van der Waals surface area contributed by atoms with E-state index in [-0.39, 0.29) is 18.1 Å². The van der Waals surface area contributed by atoms with Crippen molar-refractivity contribution in [2.45, 2.75) is 19.9 Å². The van der Waals surface area contributed by atoms with Gasteiger partial charge in [-0.3, -0.25) is 9.48 Å². The highest BCUT2D eigenvalue weighted by molar-refractivity contribution is 5.80. The zero-order chi connectivity index (χ0) is 18.8. The van der Waals surface area contributed by atoms with Gasteiger partial charge in [-0.05, 0) is 30.7 Å². The van der Waals surface area contributed by atoms with Crippen molar-refractivity contribution in [3.63, 3.8) is 0 Å². The molecule has 0 bridgehead atoms. The van der Waals surface area contributed by atoms with Crippen LogP contribution in [0, 0.1) is 5.82 Å². The lowest BCUT2D eigenvalue weighted by Gasteiger charge is -2.12. The van der Waals surface area contributed by atoms with Gasteiger partial charge in [0.2, 0.25) is 5.91 Å². The second-order valence-corrected chi connectivity index (χ2v) is 5.72. The summed E-state index contributed by atoms with van der Waals surface area (Å²) in [6.45, 7) is 4.22. The third kappa shape index (κ3) is 6.54. The van der Waals surface area contributed by atoms with Gasteiger partial charge in [-0.25, -0.2) is 9.38 Å².